The average Bonchev–Trinajstić information content (AvgIpc) is 3.46. The number of benzene rings is 2. The van der Waals surface area contributed by atoms with Crippen LogP contribution in [-0.4, -0.2) is 57.9 Å². The van der Waals surface area contributed by atoms with Crippen LogP contribution in [0.15, 0.2) is 47.8 Å². The molecule has 1 amide bonds. The second-order valence-corrected chi connectivity index (χ2v) is 12.0. The van der Waals surface area contributed by atoms with Gasteiger partial charge in [0.25, 0.3) is 0 Å². The highest BCUT2D eigenvalue weighted by Crippen LogP contribution is 2.32. The number of nitrogens with one attached hydrogen (secondary N) is 1. The molecule has 0 radical (unpaired) electrons. The number of carbonyl (C=O) groups excluding carboxylic acids is 2. The number of hydrogen-bond donors (Lipinski definition) is 1. The SMILES string of the molecule is CCCC(C)C(=O)OCN1C(=O)CCc2ccc(OCCCC[NH+]3CCN(c4cccc5sccc45)CC3)cc21. The van der Waals surface area contributed by atoms with Gasteiger partial charge < -0.3 is 19.3 Å². The predicted octanol–water partition coefficient (Wildman–Crippen LogP) is 4.68. The Hall–Kier alpha value is -3.10. The molecule has 2 aliphatic heterocycles. The van der Waals surface area contributed by atoms with Crippen molar-refractivity contribution in [3.8, 4) is 5.75 Å². The molecule has 1 N–H and O–H groups in total. The maximum Gasteiger partial charge on any atom is 0.310 e. The minimum absolute atomic E-state index is 0.0179. The number of quaternary nitrogens is 1. The number of anilines is 2. The van der Waals surface area contributed by atoms with Gasteiger partial charge in [-0.2, -0.15) is 0 Å². The summed E-state index contributed by atoms with van der Waals surface area (Å²) >= 11 is 1.81. The molecule has 3 heterocycles. The molecule has 0 saturated carbocycles. The van der Waals surface area contributed by atoms with Crippen molar-refractivity contribution in [3.05, 3.63) is 53.4 Å². The molecule has 2 aromatic carbocycles. The van der Waals surface area contributed by atoms with E-state index in [9.17, 15) is 9.59 Å². The van der Waals surface area contributed by atoms with E-state index >= 15 is 0 Å². The quantitative estimate of drug-likeness (QED) is 0.256. The van der Waals surface area contributed by atoms with Crippen LogP contribution in [0.2, 0.25) is 0 Å². The van der Waals surface area contributed by atoms with Gasteiger partial charge in [-0.3, -0.25) is 14.5 Å². The molecule has 1 saturated heterocycles. The van der Waals surface area contributed by atoms with Gasteiger partial charge in [0.15, 0.2) is 6.73 Å². The normalized spacial score (nSPS) is 16.7. The Labute approximate surface area is 241 Å². The second kappa shape index (κ2) is 13.5. The number of ether oxygens (including phenoxy) is 2. The molecule has 7 nitrogen and oxygen atoms in total. The summed E-state index contributed by atoms with van der Waals surface area (Å²) in [5.74, 6) is 0.326. The Kier molecular flexibility index (Phi) is 9.60. The van der Waals surface area contributed by atoms with E-state index in [1.807, 2.05) is 43.4 Å². The van der Waals surface area contributed by atoms with Gasteiger partial charge in [-0.15, -0.1) is 11.3 Å². The highest BCUT2D eigenvalue weighted by Gasteiger charge is 2.27. The lowest BCUT2D eigenvalue weighted by molar-refractivity contribution is -0.900. The van der Waals surface area contributed by atoms with Crippen LogP contribution in [0.3, 0.4) is 0 Å². The number of rotatable bonds is 12. The van der Waals surface area contributed by atoms with E-state index in [1.54, 1.807) is 9.80 Å². The Bertz CT molecular complexity index is 1300. The van der Waals surface area contributed by atoms with Gasteiger partial charge in [0.05, 0.1) is 50.9 Å². The molecule has 40 heavy (non-hydrogen) atoms. The fourth-order valence-electron chi connectivity index (χ4n) is 5.80. The minimum atomic E-state index is -0.252. The van der Waals surface area contributed by atoms with E-state index in [-0.39, 0.29) is 24.5 Å². The van der Waals surface area contributed by atoms with Crippen molar-refractivity contribution >= 4 is 44.7 Å². The van der Waals surface area contributed by atoms with E-state index in [4.69, 9.17) is 9.47 Å². The topological polar surface area (TPSA) is 63.5 Å². The standard InChI is InChI=1S/C32H41N3O4S/c1-3-7-24(2)32(37)39-23-35-29-22-26(12-10-25(29)11-13-31(35)36)38-20-5-4-15-33-16-18-34(19-17-33)28-8-6-9-30-27(28)14-21-40-30/h6,8-10,12,14,21-22,24H,3-5,7,11,13,15-20,23H2,1-2H3/p+1. The first-order valence-corrected chi connectivity index (χ1v) is 15.7. The predicted molar refractivity (Wildman–Crippen MR) is 162 cm³/mol. The Morgan fingerprint density at radius 1 is 1.07 bits per heavy atom. The van der Waals surface area contributed by atoms with Gasteiger partial charge in [-0.05, 0) is 60.9 Å². The van der Waals surface area contributed by atoms with Crippen LogP contribution >= 0.6 is 11.3 Å². The van der Waals surface area contributed by atoms with Gasteiger partial charge in [-0.1, -0.05) is 32.4 Å². The van der Waals surface area contributed by atoms with Crippen LogP contribution in [0, 0.1) is 5.92 Å². The van der Waals surface area contributed by atoms with Crippen molar-refractivity contribution in [3.63, 3.8) is 0 Å². The molecular weight excluding hydrogens is 522 g/mol. The van der Waals surface area contributed by atoms with Crippen LogP contribution in [0.4, 0.5) is 11.4 Å². The Morgan fingerprint density at radius 3 is 2.75 bits per heavy atom. The summed E-state index contributed by atoms with van der Waals surface area (Å²) in [4.78, 5) is 30.8. The maximum absolute atomic E-state index is 12.7. The summed E-state index contributed by atoms with van der Waals surface area (Å²) in [6, 6.07) is 14.8. The highest BCUT2D eigenvalue weighted by atomic mass is 32.1. The third-order valence-electron chi connectivity index (χ3n) is 8.19. The second-order valence-electron chi connectivity index (χ2n) is 11.0. The third kappa shape index (κ3) is 6.78. The minimum Gasteiger partial charge on any atom is -0.494 e. The van der Waals surface area contributed by atoms with Gasteiger partial charge in [-0.25, -0.2) is 0 Å². The van der Waals surface area contributed by atoms with Crippen LogP contribution < -0.4 is 19.4 Å². The fourth-order valence-corrected chi connectivity index (χ4v) is 6.61. The first kappa shape index (κ1) is 28.4. The maximum atomic E-state index is 12.7. The van der Waals surface area contributed by atoms with Gasteiger partial charge in [0.1, 0.15) is 5.75 Å². The monoisotopic (exact) mass is 564 g/mol. The van der Waals surface area contributed by atoms with Crippen molar-refractivity contribution in [2.24, 2.45) is 5.92 Å². The molecule has 2 aliphatic rings. The number of hydrogen-bond acceptors (Lipinski definition) is 6. The third-order valence-corrected chi connectivity index (χ3v) is 9.08. The molecule has 214 valence electrons. The molecule has 0 aliphatic carbocycles. The Balaban J connectivity index is 1.05. The number of carbonyl (C=O) groups is 2. The van der Waals surface area contributed by atoms with Gasteiger partial charge >= 0.3 is 5.97 Å². The number of piperazine rings is 1. The van der Waals surface area contributed by atoms with E-state index in [0.29, 0.717) is 19.4 Å². The molecule has 5 rings (SSSR count). The zero-order chi connectivity index (χ0) is 27.9. The summed E-state index contributed by atoms with van der Waals surface area (Å²) in [7, 11) is 0. The number of fused-ring (bicyclic) bond motifs is 2. The van der Waals surface area contributed by atoms with Crippen molar-refractivity contribution < 1.29 is 24.0 Å². The zero-order valence-electron chi connectivity index (χ0n) is 23.8. The lowest BCUT2D eigenvalue weighted by Crippen LogP contribution is -3.14. The lowest BCUT2D eigenvalue weighted by Gasteiger charge is -2.34. The molecule has 0 bridgehead atoms. The highest BCUT2D eigenvalue weighted by molar-refractivity contribution is 7.17. The smallest absolute Gasteiger partial charge is 0.310 e. The molecule has 1 fully saturated rings. The van der Waals surface area contributed by atoms with Gasteiger partial charge in [0.2, 0.25) is 5.91 Å². The van der Waals surface area contributed by atoms with Crippen LogP contribution in [0.1, 0.15) is 51.5 Å². The summed E-state index contributed by atoms with van der Waals surface area (Å²) in [5, 5.41) is 3.56. The molecule has 1 unspecified atom stereocenters. The van der Waals surface area contributed by atoms with E-state index in [0.717, 1.165) is 75.4 Å². The first-order valence-electron chi connectivity index (χ1n) is 14.8. The Morgan fingerprint density at radius 2 is 1.93 bits per heavy atom. The van der Waals surface area contributed by atoms with Crippen LogP contribution in [0.5, 0.6) is 5.75 Å². The summed E-state index contributed by atoms with van der Waals surface area (Å²) in [6.45, 7) is 10.2. The molecule has 8 heteroatoms. The number of nitrogens with zero attached hydrogens (tertiary/aromatic N) is 2. The van der Waals surface area contributed by atoms with Crippen LogP contribution in [0.25, 0.3) is 10.1 Å². The summed E-state index contributed by atoms with van der Waals surface area (Å²) in [5.41, 5.74) is 3.26. The molecule has 0 spiro atoms. The van der Waals surface area contributed by atoms with Crippen molar-refractivity contribution in [2.45, 2.75) is 52.4 Å². The first-order chi connectivity index (χ1) is 19.5. The average molecular weight is 565 g/mol. The summed E-state index contributed by atoms with van der Waals surface area (Å²) < 4.78 is 13.0. The molecule has 3 aromatic rings. The van der Waals surface area contributed by atoms with Crippen molar-refractivity contribution in [2.75, 3.05) is 55.9 Å². The lowest BCUT2D eigenvalue weighted by atomic mass is 10.0. The number of amides is 1. The number of esters is 1. The van der Waals surface area contributed by atoms with Crippen molar-refractivity contribution in [1.82, 2.24) is 0 Å². The van der Waals surface area contributed by atoms with E-state index < -0.39 is 0 Å². The summed E-state index contributed by atoms with van der Waals surface area (Å²) in [6.07, 6.45) is 4.95. The molecule has 1 aromatic heterocycles. The molecule has 1 atom stereocenters. The fraction of sp³-hybridized carbons (Fsp3) is 0.500. The zero-order valence-corrected chi connectivity index (χ0v) is 24.6. The number of aryl methyl sites for hydroxylation is 1. The van der Waals surface area contributed by atoms with E-state index in [1.165, 1.54) is 15.8 Å². The van der Waals surface area contributed by atoms with Crippen LogP contribution in [-0.2, 0) is 20.7 Å². The molecular formula is C32H42N3O4S+. The van der Waals surface area contributed by atoms with Gasteiger partial charge in [0, 0.05) is 28.3 Å². The number of thiophene rings is 1. The largest absolute Gasteiger partial charge is 0.494 e. The number of unbranched alkanes of at least 4 members (excludes halogenated alkanes) is 1. The van der Waals surface area contributed by atoms with E-state index in [2.05, 4.69) is 34.5 Å². The van der Waals surface area contributed by atoms with Crippen molar-refractivity contribution in [1.29, 1.82) is 0 Å².